The average Bonchev–Trinajstić information content (AvgIpc) is 2.97. The molecule has 1 N–H and O–H groups in total. The van der Waals surface area contributed by atoms with Gasteiger partial charge in [0.25, 0.3) is 0 Å². The van der Waals surface area contributed by atoms with Crippen LogP contribution in [0, 0.1) is 0 Å². The largest absolute Gasteiger partial charge is 0.481 e. The summed E-state index contributed by atoms with van der Waals surface area (Å²) in [4.78, 5) is 7.22. The lowest BCUT2D eigenvalue weighted by molar-refractivity contribution is 0.00513. The van der Waals surface area contributed by atoms with Crippen molar-refractivity contribution in [3.63, 3.8) is 0 Å². The number of hydrogen-bond acceptors (Lipinski definition) is 4. The van der Waals surface area contributed by atoms with E-state index in [0.717, 1.165) is 39.7 Å². The number of nitrogens with zero attached hydrogens (tertiary/aromatic N) is 2. The first kappa shape index (κ1) is 26.4. The third-order valence-electron chi connectivity index (χ3n) is 8.25. The van der Waals surface area contributed by atoms with Gasteiger partial charge in [-0.1, -0.05) is 98.1 Å². The van der Waals surface area contributed by atoms with Crippen LogP contribution >= 0.6 is 0 Å². The van der Waals surface area contributed by atoms with Crippen molar-refractivity contribution in [1.29, 1.82) is 0 Å². The zero-order chi connectivity index (χ0) is 26.5. The predicted molar refractivity (Wildman–Crippen MR) is 156 cm³/mol. The lowest BCUT2D eigenvalue weighted by Gasteiger charge is -2.39. The van der Waals surface area contributed by atoms with E-state index in [1.807, 2.05) is 18.2 Å². The van der Waals surface area contributed by atoms with Gasteiger partial charge in [0.05, 0.1) is 7.11 Å². The van der Waals surface area contributed by atoms with E-state index >= 15 is 0 Å². The van der Waals surface area contributed by atoms with E-state index < -0.39 is 5.60 Å². The molecule has 198 valence electrons. The molecular formula is C34H40N2O2. The van der Waals surface area contributed by atoms with Crippen LogP contribution in [0.5, 0.6) is 5.88 Å². The molecule has 4 nitrogen and oxygen atoms in total. The quantitative estimate of drug-likeness (QED) is 0.258. The van der Waals surface area contributed by atoms with Crippen molar-refractivity contribution in [2.45, 2.75) is 56.0 Å². The Morgan fingerprint density at radius 1 is 0.895 bits per heavy atom. The number of hydrogen-bond donors (Lipinski definition) is 1. The van der Waals surface area contributed by atoms with Crippen LogP contribution in [0.2, 0.25) is 0 Å². The molecule has 0 radical (unpaired) electrons. The van der Waals surface area contributed by atoms with Gasteiger partial charge in [-0.3, -0.25) is 0 Å². The fraction of sp³-hybridized carbons (Fsp3) is 0.382. The lowest BCUT2D eigenvalue weighted by atomic mass is 9.70. The summed E-state index contributed by atoms with van der Waals surface area (Å²) < 4.78 is 5.99. The zero-order valence-electron chi connectivity index (χ0n) is 22.9. The first-order chi connectivity index (χ1) is 18.5. The fourth-order valence-corrected chi connectivity index (χ4v) is 6.26. The molecule has 1 aliphatic carbocycles. The van der Waals surface area contributed by atoms with Gasteiger partial charge >= 0.3 is 0 Å². The van der Waals surface area contributed by atoms with Crippen LogP contribution in [0.25, 0.3) is 10.8 Å². The van der Waals surface area contributed by atoms with E-state index in [2.05, 4.69) is 85.7 Å². The third kappa shape index (κ3) is 5.34. The predicted octanol–water partition coefficient (Wildman–Crippen LogP) is 7.26. The number of pyridine rings is 1. The lowest BCUT2D eigenvalue weighted by Crippen LogP contribution is -2.38. The highest BCUT2D eigenvalue weighted by Crippen LogP contribution is 2.48. The van der Waals surface area contributed by atoms with Gasteiger partial charge in [0.1, 0.15) is 5.60 Å². The van der Waals surface area contributed by atoms with Crippen LogP contribution in [0.4, 0.5) is 0 Å². The van der Waals surface area contributed by atoms with Crippen molar-refractivity contribution in [3.8, 4) is 5.88 Å². The number of benzene rings is 3. The number of aromatic nitrogens is 1. The van der Waals surface area contributed by atoms with Gasteiger partial charge in [0.15, 0.2) is 0 Å². The summed E-state index contributed by atoms with van der Waals surface area (Å²) in [7, 11) is 5.82. The van der Waals surface area contributed by atoms with Gasteiger partial charge < -0.3 is 14.7 Å². The second-order valence-corrected chi connectivity index (χ2v) is 11.0. The van der Waals surface area contributed by atoms with Crippen molar-refractivity contribution in [1.82, 2.24) is 9.88 Å². The van der Waals surface area contributed by atoms with Gasteiger partial charge in [-0.2, -0.15) is 0 Å². The Balaban J connectivity index is 1.72. The van der Waals surface area contributed by atoms with Crippen LogP contribution in [-0.4, -0.2) is 42.7 Å². The van der Waals surface area contributed by atoms with Crippen molar-refractivity contribution in [3.05, 3.63) is 107 Å². The Bertz CT molecular complexity index is 1340. The van der Waals surface area contributed by atoms with E-state index in [9.17, 15) is 5.11 Å². The zero-order valence-corrected chi connectivity index (χ0v) is 22.9. The highest BCUT2D eigenvalue weighted by Gasteiger charge is 2.43. The molecule has 0 saturated heterocycles. The second kappa shape index (κ2) is 11.7. The maximum atomic E-state index is 13.0. The molecule has 38 heavy (non-hydrogen) atoms. The summed E-state index contributed by atoms with van der Waals surface area (Å²) in [5, 5.41) is 15.2. The van der Waals surface area contributed by atoms with Gasteiger partial charge in [-0.05, 0) is 61.3 Å². The first-order valence-electron chi connectivity index (χ1n) is 14.0. The molecule has 0 spiro atoms. The summed E-state index contributed by atoms with van der Waals surface area (Å²) in [6.07, 6.45) is 6.75. The van der Waals surface area contributed by atoms with Crippen LogP contribution < -0.4 is 4.74 Å². The topological polar surface area (TPSA) is 45.6 Å². The molecule has 0 unspecified atom stereocenters. The minimum atomic E-state index is -1.20. The van der Waals surface area contributed by atoms with Crippen molar-refractivity contribution in [2.24, 2.45) is 0 Å². The highest BCUT2D eigenvalue weighted by molar-refractivity contribution is 5.86. The summed E-state index contributed by atoms with van der Waals surface area (Å²) in [5.41, 5.74) is 2.82. The fourth-order valence-electron chi connectivity index (χ4n) is 6.26. The van der Waals surface area contributed by atoms with E-state index in [1.165, 1.54) is 32.1 Å². The molecule has 1 heterocycles. The molecule has 1 saturated carbocycles. The van der Waals surface area contributed by atoms with Crippen LogP contribution in [0.1, 0.15) is 72.7 Å². The monoisotopic (exact) mass is 508 g/mol. The van der Waals surface area contributed by atoms with Crippen LogP contribution in [0.15, 0.2) is 84.9 Å². The molecule has 0 bridgehead atoms. The van der Waals surface area contributed by atoms with E-state index in [-0.39, 0.29) is 5.92 Å². The van der Waals surface area contributed by atoms with E-state index in [0.29, 0.717) is 18.2 Å². The second-order valence-electron chi connectivity index (χ2n) is 11.0. The normalized spacial score (nSPS) is 16.9. The van der Waals surface area contributed by atoms with Gasteiger partial charge in [0.2, 0.25) is 5.88 Å². The summed E-state index contributed by atoms with van der Waals surface area (Å²) in [6, 6.07) is 29.3. The standard InChI is InChI=1S/C34H40N2O2/c1-36(2)24-23-34(37,30-20-12-18-25-13-10-11-19-28(25)30)32(27-16-8-5-9-17-27)29-21-22-31(35-33(29)38-3)26-14-6-4-7-15-26/h5,8-13,16-22,26,32,37H,4,6-7,14-15,23-24H2,1-3H3/t32-,34-/m1/s1. The molecule has 0 aliphatic heterocycles. The van der Waals surface area contributed by atoms with E-state index in [1.54, 1.807) is 7.11 Å². The SMILES string of the molecule is COc1nc(C2CCCCC2)ccc1[C@@H](c1ccccc1)[C@@](O)(CCN(C)C)c1cccc2ccccc12. The molecule has 1 aliphatic rings. The Morgan fingerprint density at radius 3 is 2.34 bits per heavy atom. The average molecular weight is 509 g/mol. The Kier molecular flexibility index (Phi) is 8.11. The van der Waals surface area contributed by atoms with Crippen LogP contribution in [-0.2, 0) is 5.60 Å². The van der Waals surface area contributed by atoms with Gasteiger partial charge in [-0.25, -0.2) is 4.98 Å². The maximum Gasteiger partial charge on any atom is 0.217 e. The molecule has 3 aromatic carbocycles. The number of ether oxygens (including phenoxy) is 1. The van der Waals surface area contributed by atoms with Gasteiger partial charge in [-0.15, -0.1) is 0 Å². The van der Waals surface area contributed by atoms with Crippen LogP contribution in [0.3, 0.4) is 0 Å². The molecule has 4 heteroatoms. The first-order valence-corrected chi connectivity index (χ1v) is 14.0. The number of aliphatic hydroxyl groups is 1. The molecule has 1 aromatic heterocycles. The molecule has 5 rings (SSSR count). The van der Waals surface area contributed by atoms with Crippen molar-refractivity contribution in [2.75, 3.05) is 27.7 Å². The third-order valence-corrected chi connectivity index (χ3v) is 8.25. The number of rotatable bonds is 9. The Hall–Kier alpha value is -3.21. The Morgan fingerprint density at radius 2 is 1.61 bits per heavy atom. The van der Waals surface area contributed by atoms with Crippen molar-refractivity contribution < 1.29 is 9.84 Å². The molecule has 0 amide bonds. The molecule has 4 aromatic rings. The molecule has 1 fully saturated rings. The minimum absolute atomic E-state index is 0.364. The van der Waals surface area contributed by atoms with E-state index in [4.69, 9.17) is 9.72 Å². The summed E-state index contributed by atoms with van der Waals surface area (Å²) in [5.74, 6) is 0.732. The minimum Gasteiger partial charge on any atom is -0.481 e. The number of fused-ring (bicyclic) bond motifs is 1. The number of methoxy groups -OCH3 is 1. The maximum absolute atomic E-state index is 13.0. The molecular weight excluding hydrogens is 468 g/mol. The van der Waals surface area contributed by atoms with Crippen molar-refractivity contribution >= 4 is 10.8 Å². The summed E-state index contributed by atoms with van der Waals surface area (Å²) >= 11 is 0. The van der Waals surface area contributed by atoms with Gasteiger partial charge in [0, 0.05) is 29.6 Å². The smallest absolute Gasteiger partial charge is 0.217 e. The summed E-state index contributed by atoms with van der Waals surface area (Å²) in [6.45, 7) is 0.735. The Labute approximate surface area is 227 Å². The molecule has 2 atom stereocenters. The highest BCUT2D eigenvalue weighted by atomic mass is 16.5.